The lowest BCUT2D eigenvalue weighted by atomic mass is 10.1. The van der Waals surface area contributed by atoms with Gasteiger partial charge in [-0.1, -0.05) is 0 Å². The largest absolute Gasteiger partial charge is 0.393 e. The van der Waals surface area contributed by atoms with Gasteiger partial charge in [0.1, 0.15) is 12.2 Å². The Morgan fingerprint density at radius 3 is 2.36 bits per heavy atom. The second-order valence-electron chi connectivity index (χ2n) is 2.02. The number of hydrogen-bond donors (Lipinski definition) is 5. The maximum atomic E-state index is 10.7. The first kappa shape index (κ1) is 10.5. The molecule has 2 unspecified atom stereocenters. The second kappa shape index (κ2) is 5.16. The molecule has 0 aromatic rings. The van der Waals surface area contributed by atoms with Crippen LogP contribution in [0, 0.1) is 0 Å². The average Bonchev–Trinajstić information content (AvgIpc) is 2.02. The Balaban J connectivity index is 3.81. The van der Waals surface area contributed by atoms with Gasteiger partial charge in [-0.25, -0.2) is 0 Å². The zero-order valence-electron chi connectivity index (χ0n) is 5.90. The molecule has 6 heteroatoms. The van der Waals surface area contributed by atoms with Crippen LogP contribution in [0.1, 0.15) is 0 Å². The van der Waals surface area contributed by atoms with Crippen molar-refractivity contribution < 1.29 is 20.1 Å². The van der Waals surface area contributed by atoms with E-state index in [0.717, 1.165) is 0 Å². The minimum atomic E-state index is -1.53. The molecule has 0 saturated carbocycles. The van der Waals surface area contributed by atoms with E-state index in [1.807, 2.05) is 0 Å². The zero-order chi connectivity index (χ0) is 8.85. The van der Waals surface area contributed by atoms with Gasteiger partial charge in [0.2, 0.25) is 0 Å². The van der Waals surface area contributed by atoms with Crippen LogP contribution in [0.2, 0.25) is 0 Å². The van der Waals surface area contributed by atoms with Gasteiger partial charge in [-0.2, -0.15) is 0 Å². The van der Waals surface area contributed by atoms with Gasteiger partial charge < -0.3 is 15.3 Å². The zero-order valence-corrected chi connectivity index (χ0v) is 5.90. The molecule has 66 valence electrons. The number of hydrogen-bond acceptors (Lipinski definition) is 6. The summed E-state index contributed by atoms with van der Waals surface area (Å²) in [5, 5.41) is 25.8. The third-order valence-corrected chi connectivity index (χ3v) is 1.14. The van der Waals surface area contributed by atoms with Crippen LogP contribution >= 0.6 is 0 Å². The molecular weight excluding hydrogens is 152 g/mol. The van der Waals surface area contributed by atoms with Crippen LogP contribution in [0.15, 0.2) is 0 Å². The van der Waals surface area contributed by atoms with E-state index in [1.165, 1.54) is 0 Å². The molecule has 0 radical (unpaired) electrons. The first-order valence-corrected chi connectivity index (χ1v) is 3.07. The molecule has 0 fully saturated rings. The Kier molecular flexibility index (Phi) is 4.92. The van der Waals surface area contributed by atoms with Crippen molar-refractivity contribution >= 4 is 5.78 Å². The van der Waals surface area contributed by atoms with Crippen LogP contribution < -0.4 is 11.3 Å². The number of aliphatic hydroxyl groups excluding tert-OH is 3. The van der Waals surface area contributed by atoms with Gasteiger partial charge in [-0.15, -0.1) is 0 Å². The Morgan fingerprint density at radius 1 is 1.45 bits per heavy atom. The predicted molar refractivity (Wildman–Crippen MR) is 36.3 cm³/mol. The highest BCUT2D eigenvalue weighted by molar-refractivity contribution is 5.87. The highest BCUT2D eigenvalue weighted by atomic mass is 16.3. The van der Waals surface area contributed by atoms with E-state index in [-0.39, 0.29) is 6.54 Å². The summed E-state index contributed by atoms with van der Waals surface area (Å²) in [4.78, 5) is 10.7. The summed E-state index contributed by atoms with van der Waals surface area (Å²) in [6.45, 7) is -0.837. The van der Waals surface area contributed by atoms with Gasteiger partial charge >= 0.3 is 0 Å². The van der Waals surface area contributed by atoms with Crippen LogP contribution in [-0.2, 0) is 4.79 Å². The van der Waals surface area contributed by atoms with Crippen molar-refractivity contribution in [2.24, 2.45) is 5.84 Å². The van der Waals surface area contributed by atoms with Gasteiger partial charge in [0.15, 0.2) is 5.78 Å². The summed E-state index contributed by atoms with van der Waals surface area (Å²) in [6, 6.07) is 0. The molecule has 11 heavy (non-hydrogen) atoms. The third-order valence-electron chi connectivity index (χ3n) is 1.14. The van der Waals surface area contributed by atoms with Crippen molar-refractivity contribution in [3.63, 3.8) is 0 Å². The van der Waals surface area contributed by atoms with Crippen molar-refractivity contribution in [1.82, 2.24) is 5.43 Å². The van der Waals surface area contributed by atoms with Gasteiger partial charge in [0, 0.05) is 6.54 Å². The number of rotatable bonds is 5. The van der Waals surface area contributed by atoms with E-state index in [0.29, 0.717) is 0 Å². The number of nitrogens with one attached hydrogen (secondary N) is 1. The van der Waals surface area contributed by atoms with Gasteiger partial charge in [-0.05, 0) is 0 Å². The SMILES string of the molecule is NNCC(O)C(=O)C(O)CO. The Hall–Kier alpha value is -0.530. The van der Waals surface area contributed by atoms with Crippen molar-refractivity contribution in [2.75, 3.05) is 13.2 Å². The quantitative estimate of drug-likeness (QED) is 0.215. The molecule has 0 aliphatic heterocycles. The summed E-state index contributed by atoms with van der Waals surface area (Å²) < 4.78 is 0. The van der Waals surface area contributed by atoms with Crippen LogP contribution in [0.25, 0.3) is 0 Å². The van der Waals surface area contributed by atoms with E-state index in [4.69, 9.17) is 21.2 Å². The molecule has 0 rings (SSSR count). The number of aliphatic hydroxyl groups is 3. The van der Waals surface area contributed by atoms with Crippen molar-refractivity contribution in [1.29, 1.82) is 0 Å². The predicted octanol–water partition coefficient (Wildman–Crippen LogP) is -3.27. The molecule has 0 aromatic heterocycles. The third kappa shape index (κ3) is 3.40. The number of Topliss-reactive ketones (excluding diaryl/α,β-unsaturated/α-hetero) is 1. The normalized spacial score (nSPS) is 16.0. The number of carbonyl (C=O) groups excluding carboxylic acids is 1. The molecule has 6 nitrogen and oxygen atoms in total. The van der Waals surface area contributed by atoms with Crippen LogP contribution in [0.5, 0.6) is 0 Å². The van der Waals surface area contributed by atoms with E-state index in [1.54, 1.807) is 0 Å². The summed E-state index contributed by atoms with van der Waals surface area (Å²) in [6.07, 6.45) is -2.90. The fourth-order valence-electron chi connectivity index (χ4n) is 0.524. The van der Waals surface area contributed by atoms with Crippen molar-refractivity contribution in [3.8, 4) is 0 Å². The first-order valence-electron chi connectivity index (χ1n) is 3.07. The molecule has 0 bridgehead atoms. The van der Waals surface area contributed by atoms with E-state index in [9.17, 15) is 4.79 Å². The monoisotopic (exact) mass is 164 g/mol. The highest BCUT2D eigenvalue weighted by Gasteiger charge is 2.21. The van der Waals surface area contributed by atoms with Crippen LogP contribution in [-0.4, -0.2) is 46.5 Å². The maximum Gasteiger partial charge on any atom is 0.193 e. The van der Waals surface area contributed by atoms with E-state index in [2.05, 4.69) is 5.43 Å². The molecule has 0 amide bonds. The molecule has 0 saturated heterocycles. The molecule has 0 aliphatic carbocycles. The Morgan fingerprint density at radius 2 is 2.00 bits per heavy atom. The molecule has 0 aromatic carbocycles. The fraction of sp³-hybridized carbons (Fsp3) is 0.800. The molecule has 0 spiro atoms. The van der Waals surface area contributed by atoms with Crippen LogP contribution in [0.3, 0.4) is 0 Å². The summed E-state index contributed by atoms with van der Waals surface area (Å²) >= 11 is 0. The molecule has 2 atom stereocenters. The number of carbonyl (C=O) groups is 1. The van der Waals surface area contributed by atoms with Gasteiger partial charge in [0.05, 0.1) is 6.61 Å². The molecule has 0 heterocycles. The lowest BCUT2D eigenvalue weighted by molar-refractivity contribution is -0.137. The fourth-order valence-corrected chi connectivity index (χ4v) is 0.524. The van der Waals surface area contributed by atoms with Gasteiger partial charge in [-0.3, -0.25) is 16.1 Å². The topological polar surface area (TPSA) is 116 Å². The van der Waals surface area contributed by atoms with Crippen LogP contribution in [0.4, 0.5) is 0 Å². The molecule has 0 aliphatic rings. The Bertz CT molecular complexity index is 130. The number of nitrogens with two attached hydrogens (primary N) is 1. The minimum Gasteiger partial charge on any atom is -0.393 e. The minimum absolute atomic E-state index is 0.143. The number of ketones is 1. The van der Waals surface area contributed by atoms with E-state index >= 15 is 0 Å². The standard InChI is InChI=1S/C5H12N2O4/c6-7-1-3(9)5(11)4(10)2-8/h3-4,7-10H,1-2,6H2. The lowest BCUT2D eigenvalue weighted by Crippen LogP contribution is -2.42. The smallest absolute Gasteiger partial charge is 0.193 e. The Labute approximate surface area is 63.6 Å². The first-order chi connectivity index (χ1) is 5.13. The second-order valence-corrected chi connectivity index (χ2v) is 2.02. The summed E-state index contributed by atoms with van der Waals surface area (Å²) in [7, 11) is 0. The summed E-state index contributed by atoms with van der Waals surface area (Å²) in [5.74, 6) is 3.96. The molecule has 6 N–H and O–H groups in total. The van der Waals surface area contributed by atoms with Gasteiger partial charge in [0.25, 0.3) is 0 Å². The highest BCUT2D eigenvalue weighted by Crippen LogP contribution is 1.90. The van der Waals surface area contributed by atoms with E-state index < -0.39 is 24.6 Å². The maximum absolute atomic E-state index is 10.7. The lowest BCUT2D eigenvalue weighted by Gasteiger charge is -2.11. The number of hydrazine groups is 1. The van der Waals surface area contributed by atoms with Crippen molar-refractivity contribution in [2.45, 2.75) is 12.2 Å². The summed E-state index contributed by atoms with van der Waals surface area (Å²) in [5.41, 5.74) is 2.06. The molecular formula is C5H12N2O4. The average molecular weight is 164 g/mol. The van der Waals surface area contributed by atoms with Crippen molar-refractivity contribution in [3.05, 3.63) is 0 Å².